The Balaban J connectivity index is 1.48. The third-order valence-electron chi connectivity index (χ3n) is 6.00. The van der Waals surface area contributed by atoms with Gasteiger partial charge in [0.15, 0.2) is 0 Å². The van der Waals surface area contributed by atoms with Crippen molar-refractivity contribution < 1.29 is 19.4 Å². The van der Waals surface area contributed by atoms with E-state index < -0.39 is 17.6 Å². The number of nitrogens with one attached hydrogen (secondary N) is 1. The summed E-state index contributed by atoms with van der Waals surface area (Å²) in [5.41, 5.74) is 4.86. The predicted octanol–water partition coefficient (Wildman–Crippen LogP) is 4.92. The first-order valence-electron chi connectivity index (χ1n) is 10.3. The summed E-state index contributed by atoms with van der Waals surface area (Å²) in [6.07, 6.45) is -0.570. The number of carbonyl (C=O) groups is 2. The number of ether oxygens (including phenoxy) is 1. The fourth-order valence-electron chi connectivity index (χ4n) is 4.22. The molecule has 3 aromatic carbocycles. The number of aliphatic carboxylic acids is 1. The van der Waals surface area contributed by atoms with E-state index in [9.17, 15) is 14.7 Å². The highest BCUT2D eigenvalue weighted by molar-refractivity contribution is 5.84. The van der Waals surface area contributed by atoms with Gasteiger partial charge < -0.3 is 15.2 Å². The Morgan fingerprint density at radius 3 is 2.06 bits per heavy atom. The number of rotatable bonds is 6. The highest BCUT2D eigenvalue weighted by Gasteiger charge is 2.37. The van der Waals surface area contributed by atoms with Crippen LogP contribution >= 0.6 is 0 Å². The van der Waals surface area contributed by atoms with Crippen molar-refractivity contribution in [3.63, 3.8) is 0 Å². The average molecular weight is 415 g/mol. The van der Waals surface area contributed by atoms with Gasteiger partial charge in [-0.25, -0.2) is 9.59 Å². The number of hydrogen-bond acceptors (Lipinski definition) is 3. The minimum absolute atomic E-state index is 0.0781. The zero-order valence-corrected chi connectivity index (χ0v) is 17.6. The van der Waals surface area contributed by atoms with Crippen molar-refractivity contribution in [2.45, 2.75) is 31.7 Å². The number of fused-ring (bicyclic) bond motifs is 3. The van der Waals surface area contributed by atoms with Crippen LogP contribution in [0.4, 0.5) is 4.79 Å². The van der Waals surface area contributed by atoms with Crippen LogP contribution in [0.3, 0.4) is 0 Å². The summed E-state index contributed by atoms with van der Waals surface area (Å²) in [7, 11) is 0. The number of amides is 1. The van der Waals surface area contributed by atoms with Crippen LogP contribution in [0.2, 0.25) is 0 Å². The Morgan fingerprint density at radius 1 is 0.935 bits per heavy atom. The molecule has 0 saturated carbocycles. The maximum absolute atomic E-state index is 12.6. The lowest BCUT2D eigenvalue weighted by Gasteiger charge is -2.27. The molecular weight excluding hydrogens is 390 g/mol. The van der Waals surface area contributed by atoms with E-state index in [2.05, 4.69) is 17.4 Å². The molecule has 1 aliphatic rings. The number of carboxylic acid groups (broad SMARTS) is 1. The van der Waals surface area contributed by atoms with Crippen LogP contribution in [-0.4, -0.2) is 29.3 Å². The van der Waals surface area contributed by atoms with Gasteiger partial charge in [-0.2, -0.15) is 0 Å². The number of hydrogen-bond donors (Lipinski definition) is 2. The number of aryl methyl sites for hydroxylation is 1. The second kappa shape index (κ2) is 8.26. The van der Waals surface area contributed by atoms with Crippen LogP contribution in [0.25, 0.3) is 11.1 Å². The van der Waals surface area contributed by atoms with Gasteiger partial charge >= 0.3 is 12.1 Å². The molecule has 5 heteroatoms. The molecule has 158 valence electrons. The maximum Gasteiger partial charge on any atom is 0.408 e. The fourth-order valence-corrected chi connectivity index (χ4v) is 4.22. The van der Waals surface area contributed by atoms with Gasteiger partial charge in [0.25, 0.3) is 0 Å². The van der Waals surface area contributed by atoms with Crippen LogP contribution in [0.15, 0.2) is 72.8 Å². The Labute approximate surface area is 181 Å². The Hall–Kier alpha value is -3.60. The molecule has 0 aliphatic heterocycles. The second-order valence-corrected chi connectivity index (χ2v) is 8.19. The van der Waals surface area contributed by atoms with Gasteiger partial charge in [0.05, 0.1) is 0 Å². The Bertz CT molecular complexity index is 1090. The summed E-state index contributed by atoms with van der Waals surface area (Å²) >= 11 is 0. The van der Waals surface area contributed by atoms with Gasteiger partial charge in [-0.05, 0) is 47.2 Å². The standard InChI is InChI=1S/C26H25NO4/c1-17-9-3-4-10-18(17)15-26(2,24(28)29)27-25(30)31-16-23-21-13-7-5-11-19(21)20-12-6-8-14-22(20)23/h3-14,23H,15-16H2,1-2H3,(H,27,30)(H,28,29). The zero-order valence-electron chi connectivity index (χ0n) is 17.6. The minimum Gasteiger partial charge on any atom is -0.480 e. The van der Waals surface area contributed by atoms with Crippen molar-refractivity contribution >= 4 is 12.1 Å². The molecule has 1 amide bonds. The lowest BCUT2D eigenvalue weighted by atomic mass is 9.91. The molecule has 0 fully saturated rings. The monoisotopic (exact) mass is 415 g/mol. The van der Waals surface area contributed by atoms with Crippen LogP contribution < -0.4 is 5.32 Å². The second-order valence-electron chi connectivity index (χ2n) is 8.19. The smallest absolute Gasteiger partial charge is 0.408 e. The third kappa shape index (κ3) is 4.04. The van der Waals surface area contributed by atoms with Crippen molar-refractivity contribution in [3.8, 4) is 11.1 Å². The van der Waals surface area contributed by atoms with E-state index >= 15 is 0 Å². The third-order valence-corrected chi connectivity index (χ3v) is 6.00. The molecule has 1 aliphatic carbocycles. The number of carbonyl (C=O) groups excluding carboxylic acids is 1. The number of alkyl carbamates (subject to hydrolysis) is 1. The molecule has 5 nitrogen and oxygen atoms in total. The molecule has 0 saturated heterocycles. The molecule has 2 N–H and O–H groups in total. The molecule has 31 heavy (non-hydrogen) atoms. The van der Waals surface area contributed by atoms with E-state index in [1.54, 1.807) is 0 Å². The zero-order chi connectivity index (χ0) is 22.0. The fraction of sp³-hybridized carbons (Fsp3) is 0.231. The summed E-state index contributed by atoms with van der Waals surface area (Å²) in [4.78, 5) is 24.6. The molecule has 3 aromatic rings. The topological polar surface area (TPSA) is 75.6 Å². The van der Waals surface area contributed by atoms with E-state index in [0.717, 1.165) is 33.4 Å². The van der Waals surface area contributed by atoms with Crippen molar-refractivity contribution in [2.75, 3.05) is 6.61 Å². The normalized spacial score (nSPS) is 14.3. The first kappa shape index (κ1) is 20.7. The largest absolute Gasteiger partial charge is 0.480 e. The molecule has 0 spiro atoms. The van der Waals surface area contributed by atoms with Crippen molar-refractivity contribution in [2.24, 2.45) is 0 Å². The highest BCUT2D eigenvalue weighted by atomic mass is 16.5. The van der Waals surface area contributed by atoms with Crippen molar-refractivity contribution in [3.05, 3.63) is 95.1 Å². The van der Waals surface area contributed by atoms with E-state index in [-0.39, 0.29) is 18.9 Å². The van der Waals surface area contributed by atoms with E-state index in [1.165, 1.54) is 6.92 Å². The average Bonchev–Trinajstić information content (AvgIpc) is 3.08. The Morgan fingerprint density at radius 2 is 1.48 bits per heavy atom. The molecule has 0 aromatic heterocycles. The van der Waals surface area contributed by atoms with E-state index in [1.807, 2.05) is 67.6 Å². The van der Waals surface area contributed by atoms with E-state index in [4.69, 9.17) is 4.74 Å². The van der Waals surface area contributed by atoms with Crippen LogP contribution in [-0.2, 0) is 16.0 Å². The van der Waals surface area contributed by atoms with Crippen LogP contribution in [0.5, 0.6) is 0 Å². The quantitative estimate of drug-likeness (QED) is 0.599. The molecule has 0 bridgehead atoms. The van der Waals surface area contributed by atoms with E-state index in [0.29, 0.717) is 0 Å². The summed E-state index contributed by atoms with van der Waals surface area (Å²) in [5, 5.41) is 12.4. The summed E-state index contributed by atoms with van der Waals surface area (Å²) in [5.74, 6) is -1.19. The first-order valence-corrected chi connectivity index (χ1v) is 10.3. The molecule has 4 rings (SSSR count). The van der Waals surface area contributed by atoms with Crippen molar-refractivity contribution in [1.29, 1.82) is 0 Å². The van der Waals surface area contributed by atoms with Gasteiger partial charge in [-0.15, -0.1) is 0 Å². The van der Waals surface area contributed by atoms with Crippen LogP contribution in [0, 0.1) is 6.92 Å². The molecular formula is C26H25NO4. The number of carboxylic acids is 1. The minimum atomic E-state index is -1.48. The van der Waals surface area contributed by atoms with Gasteiger partial charge in [0.2, 0.25) is 0 Å². The summed E-state index contributed by atoms with van der Waals surface area (Å²) in [6.45, 7) is 3.56. The van der Waals surface area contributed by atoms with Gasteiger partial charge in [-0.1, -0.05) is 72.8 Å². The van der Waals surface area contributed by atoms with Crippen LogP contribution in [0.1, 0.15) is 35.1 Å². The van der Waals surface area contributed by atoms with Gasteiger partial charge in [0.1, 0.15) is 12.1 Å². The molecule has 0 radical (unpaired) electrons. The van der Waals surface area contributed by atoms with Gasteiger partial charge in [-0.3, -0.25) is 0 Å². The first-order chi connectivity index (χ1) is 14.9. The molecule has 1 unspecified atom stereocenters. The maximum atomic E-state index is 12.6. The lowest BCUT2D eigenvalue weighted by Crippen LogP contribution is -2.54. The van der Waals surface area contributed by atoms with Gasteiger partial charge in [0, 0.05) is 12.3 Å². The highest BCUT2D eigenvalue weighted by Crippen LogP contribution is 2.44. The SMILES string of the molecule is Cc1ccccc1CC(C)(NC(=O)OCC1c2ccccc2-c2ccccc21)C(=O)O. The van der Waals surface area contributed by atoms with Crippen molar-refractivity contribution in [1.82, 2.24) is 5.32 Å². The number of benzene rings is 3. The summed E-state index contributed by atoms with van der Waals surface area (Å²) in [6, 6.07) is 23.7. The molecule has 0 heterocycles. The summed E-state index contributed by atoms with van der Waals surface area (Å²) < 4.78 is 5.54. The predicted molar refractivity (Wildman–Crippen MR) is 119 cm³/mol. The molecule has 1 atom stereocenters. The Kier molecular flexibility index (Phi) is 5.51. The lowest BCUT2D eigenvalue weighted by molar-refractivity contribution is -0.143.